The molecule has 2 heterocycles. The van der Waals surface area contributed by atoms with Crippen molar-refractivity contribution in [1.29, 1.82) is 0 Å². The molecule has 0 aromatic rings. The van der Waals surface area contributed by atoms with E-state index < -0.39 is 42.3 Å². The third-order valence-corrected chi connectivity index (χ3v) is 7.80. The summed E-state index contributed by atoms with van der Waals surface area (Å²) in [6.45, 7) is 10.2. The highest BCUT2D eigenvalue weighted by Crippen LogP contribution is 2.43. The molecule has 6 N–H and O–H groups in total. The van der Waals surface area contributed by atoms with E-state index in [1.807, 2.05) is 0 Å². The number of allylic oxidation sites excluding steroid dienone is 2. The van der Waals surface area contributed by atoms with Gasteiger partial charge in [-0.3, -0.25) is 0 Å². The van der Waals surface area contributed by atoms with Crippen LogP contribution in [0.5, 0.6) is 0 Å². The number of nitrogens with two attached hydrogens (primary N) is 1. The number of nitrogens with one attached hydrogen (secondary N) is 1. The molecule has 2 aliphatic heterocycles. The number of aliphatic hydroxyl groups excluding tert-OH is 2. The summed E-state index contributed by atoms with van der Waals surface area (Å²) in [4.78, 5) is 0. The molecule has 3 rings (SSSR count). The van der Waals surface area contributed by atoms with Gasteiger partial charge in [-0.05, 0) is 44.7 Å². The van der Waals surface area contributed by atoms with E-state index in [1.165, 1.54) is 0 Å². The zero-order valence-corrected chi connectivity index (χ0v) is 20.4. The van der Waals surface area contributed by atoms with Crippen molar-refractivity contribution in [2.24, 2.45) is 29.4 Å². The lowest BCUT2D eigenvalue weighted by Gasteiger charge is -2.50. The number of rotatable bonds is 6. The number of aliphatic hydroxyl groups is 3. The highest BCUT2D eigenvalue weighted by Gasteiger charge is 2.52. The molecule has 11 atom stereocenters. The van der Waals surface area contributed by atoms with Crippen LogP contribution in [0.15, 0.2) is 11.8 Å². The van der Waals surface area contributed by atoms with Crippen LogP contribution in [-0.2, 0) is 14.2 Å². The molecule has 0 aromatic heterocycles. The van der Waals surface area contributed by atoms with Gasteiger partial charge in [-0.2, -0.15) is 0 Å². The summed E-state index contributed by atoms with van der Waals surface area (Å²) in [6.07, 6.45) is 0.826. The molecule has 1 saturated carbocycles. The highest BCUT2D eigenvalue weighted by atomic mass is 16.7. The maximum atomic E-state index is 11.5. The summed E-state index contributed by atoms with van der Waals surface area (Å²) < 4.78 is 18.2. The summed E-state index contributed by atoms with van der Waals surface area (Å²) in [5.74, 6) is 1.69. The quantitative estimate of drug-likeness (QED) is 0.403. The second kappa shape index (κ2) is 10.3. The minimum absolute atomic E-state index is 0.00390. The molecule has 1 saturated heterocycles. The molecule has 11 unspecified atom stereocenters. The van der Waals surface area contributed by atoms with Gasteiger partial charge in [-0.15, -0.1) is 0 Å². The molecule has 0 spiro atoms. The summed E-state index contributed by atoms with van der Waals surface area (Å²) in [6, 6.07) is -1.03. The zero-order chi connectivity index (χ0) is 23.8. The van der Waals surface area contributed by atoms with Crippen molar-refractivity contribution in [3.05, 3.63) is 11.8 Å². The van der Waals surface area contributed by atoms with Gasteiger partial charge in [0.2, 0.25) is 0 Å². The Labute approximate surface area is 192 Å². The molecule has 0 radical (unpaired) electrons. The van der Waals surface area contributed by atoms with Crippen molar-refractivity contribution in [1.82, 2.24) is 5.32 Å². The van der Waals surface area contributed by atoms with E-state index >= 15 is 0 Å². The number of ether oxygens (including phenoxy) is 3. The average molecular weight is 457 g/mol. The predicted octanol–water partition coefficient (Wildman–Crippen LogP) is 1.13. The Morgan fingerprint density at radius 2 is 2.00 bits per heavy atom. The summed E-state index contributed by atoms with van der Waals surface area (Å²) in [5.41, 5.74) is 5.21. The Bertz CT molecular complexity index is 656. The fourth-order valence-electron chi connectivity index (χ4n) is 5.90. The summed E-state index contributed by atoms with van der Waals surface area (Å²) in [7, 11) is 1.68. The molecule has 32 heavy (non-hydrogen) atoms. The average Bonchev–Trinajstić information content (AvgIpc) is 2.72. The van der Waals surface area contributed by atoms with Gasteiger partial charge in [-0.1, -0.05) is 27.7 Å². The van der Waals surface area contributed by atoms with Crippen molar-refractivity contribution in [3.63, 3.8) is 0 Å². The molecule has 0 bridgehead atoms. The second-order valence-corrected chi connectivity index (χ2v) is 10.6. The second-order valence-electron chi connectivity index (χ2n) is 10.6. The first-order valence-corrected chi connectivity index (χ1v) is 12.2. The Hall–Kier alpha value is -0.740. The molecule has 2 fully saturated rings. The largest absolute Gasteiger partial charge is 0.494 e. The lowest BCUT2D eigenvalue weighted by Crippen LogP contribution is -2.67. The fraction of sp³-hybridized carbons (Fsp3) is 0.917. The van der Waals surface area contributed by atoms with Crippen LogP contribution in [0.25, 0.3) is 0 Å². The first-order valence-electron chi connectivity index (χ1n) is 12.2. The molecule has 8 nitrogen and oxygen atoms in total. The molecule has 8 heteroatoms. The van der Waals surface area contributed by atoms with Gasteiger partial charge in [-0.25, -0.2) is 0 Å². The SMILES string of the molecule is CCC1=CCC(C(C)C)C(C2C(C)CC(N)C(OC3OCC(C)(O)C(NC)C3O)C2O)O1. The zero-order valence-electron chi connectivity index (χ0n) is 20.4. The van der Waals surface area contributed by atoms with Crippen LogP contribution >= 0.6 is 0 Å². The van der Waals surface area contributed by atoms with Gasteiger partial charge in [0.05, 0.1) is 24.5 Å². The van der Waals surface area contributed by atoms with E-state index in [0.29, 0.717) is 18.3 Å². The fourth-order valence-corrected chi connectivity index (χ4v) is 5.90. The van der Waals surface area contributed by atoms with E-state index in [4.69, 9.17) is 19.9 Å². The van der Waals surface area contributed by atoms with Crippen LogP contribution in [0.4, 0.5) is 0 Å². The lowest BCUT2D eigenvalue weighted by atomic mass is 9.67. The smallest absolute Gasteiger partial charge is 0.185 e. The summed E-state index contributed by atoms with van der Waals surface area (Å²) >= 11 is 0. The van der Waals surface area contributed by atoms with E-state index in [0.717, 1.165) is 18.6 Å². The standard InChI is InChI=1S/C24H44N2O6/c1-7-14-8-9-15(12(2)3)20(31-14)17-13(4)10-16(25)21(18(17)27)32-23-19(28)22(26-6)24(5,29)11-30-23/h8,12-13,15-23,26-29H,7,9-11,25H2,1-6H3. The predicted molar refractivity (Wildman–Crippen MR) is 122 cm³/mol. The maximum absolute atomic E-state index is 11.5. The van der Waals surface area contributed by atoms with Gasteiger partial charge in [0.1, 0.15) is 23.9 Å². The number of likely N-dealkylation sites (N-methyl/N-ethyl adjacent to an activating group) is 1. The minimum Gasteiger partial charge on any atom is -0.494 e. The number of hydrogen-bond acceptors (Lipinski definition) is 8. The van der Waals surface area contributed by atoms with Gasteiger partial charge in [0.15, 0.2) is 6.29 Å². The highest BCUT2D eigenvalue weighted by molar-refractivity contribution is 5.07. The monoisotopic (exact) mass is 456 g/mol. The van der Waals surface area contributed by atoms with Crippen LogP contribution in [-0.4, -0.2) is 77.4 Å². The first-order chi connectivity index (χ1) is 15.0. The van der Waals surface area contributed by atoms with Crippen LogP contribution < -0.4 is 11.1 Å². The van der Waals surface area contributed by atoms with Gasteiger partial charge >= 0.3 is 0 Å². The topological polar surface area (TPSA) is 126 Å². The maximum Gasteiger partial charge on any atom is 0.185 e. The molecule has 186 valence electrons. The number of hydrogen-bond donors (Lipinski definition) is 5. The Morgan fingerprint density at radius 3 is 2.59 bits per heavy atom. The molecular weight excluding hydrogens is 412 g/mol. The third kappa shape index (κ3) is 5.02. The Balaban J connectivity index is 1.80. The van der Waals surface area contributed by atoms with Crippen molar-refractivity contribution < 1.29 is 29.5 Å². The van der Waals surface area contributed by atoms with Crippen LogP contribution in [0.1, 0.15) is 53.9 Å². The Morgan fingerprint density at radius 1 is 1.31 bits per heavy atom. The van der Waals surface area contributed by atoms with Gasteiger partial charge in [0.25, 0.3) is 0 Å². The molecule has 3 aliphatic rings. The van der Waals surface area contributed by atoms with E-state index in [9.17, 15) is 15.3 Å². The van der Waals surface area contributed by atoms with Crippen molar-refractivity contribution >= 4 is 0 Å². The molecule has 0 aromatic carbocycles. The van der Waals surface area contributed by atoms with Crippen molar-refractivity contribution in [2.45, 2.75) is 102 Å². The molecule has 0 amide bonds. The molecular formula is C24H44N2O6. The van der Waals surface area contributed by atoms with Crippen LogP contribution in [0, 0.1) is 23.7 Å². The van der Waals surface area contributed by atoms with Crippen LogP contribution in [0.3, 0.4) is 0 Å². The van der Waals surface area contributed by atoms with Gasteiger partial charge in [0, 0.05) is 24.3 Å². The third-order valence-electron chi connectivity index (χ3n) is 7.80. The van der Waals surface area contributed by atoms with E-state index in [-0.39, 0.29) is 24.5 Å². The summed E-state index contributed by atoms with van der Waals surface area (Å²) in [5, 5.41) is 35.8. The Kier molecular flexibility index (Phi) is 8.29. The first kappa shape index (κ1) is 25.9. The minimum atomic E-state index is -1.23. The lowest BCUT2D eigenvalue weighted by molar-refractivity contribution is -0.298. The van der Waals surface area contributed by atoms with Crippen molar-refractivity contribution in [3.8, 4) is 0 Å². The van der Waals surface area contributed by atoms with Crippen LogP contribution in [0.2, 0.25) is 0 Å². The van der Waals surface area contributed by atoms with Gasteiger partial charge < -0.3 is 40.6 Å². The molecule has 1 aliphatic carbocycles. The normalized spacial score (nSPS) is 47.8. The van der Waals surface area contributed by atoms with Crippen molar-refractivity contribution in [2.75, 3.05) is 13.7 Å². The van der Waals surface area contributed by atoms with E-state index in [2.05, 4.69) is 39.1 Å². The van der Waals surface area contributed by atoms with E-state index in [1.54, 1.807) is 14.0 Å².